The largest absolute Gasteiger partial charge is 0.480 e. The van der Waals surface area contributed by atoms with E-state index >= 15 is 0 Å². The number of imidazole rings is 1. The molecule has 2 fully saturated rings. The molecule has 2 saturated heterocycles. The number of carbonyl (C=O) groups excluding carboxylic acids is 2. The third kappa shape index (κ3) is 5.26. The molecule has 0 saturated carbocycles. The van der Waals surface area contributed by atoms with Crippen LogP contribution < -0.4 is 15.0 Å². The van der Waals surface area contributed by atoms with E-state index in [2.05, 4.69) is 12.2 Å². The summed E-state index contributed by atoms with van der Waals surface area (Å²) in [6.45, 7) is 3.71. The van der Waals surface area contributed by atoms with Crippen molar-refractivity contribution < 1.29 is 28.6 Å². The Hall–Kier alpha value is -4.91. The second kappa shape index (κ2) is 12.0. The number of furan rings is 1. The molecule has 48 heavy (non-hydrogen) atoms. The van der Waals surface area contributed by atoms with Crippen molar-refractivity contribution in [1.29, 1.82) is 0 Å². The quantitative estimate of drug-likeness (QED) is 0.263. The second-order valence-corrected chi connectivity index (χ2v) is 13.3. The number of aromatic nitrogens is 4. The molecule has 2 N–H and O–H groups in total. The van der Waals surface area contributed by atoms with Crippen molar-refractivity contribution >= 4 is 68.3 Å². The van der Waals surface area contributed by atoms with E-state index in [9.17, 15) is 19.5 Å². The third-order valence-electron chi connectivity index (χ3n) is 9.72. The predicted octanol–water partition coefficient (Wildman–Crippen LogP) is 4.35. The maximum absolute atomic E-state index is 13.2. The smallest absolute Gasteiger partial charge is 0.326 e. The minimum atomic E-state index is -1.04. The Morgan fingerprint density at radius 1 is 1.08 bits per heavy atom. The summed E-state index contributed by atoms with van der Waals surface area (Å²) in [5.41, 5.74) is 2.83. The van der Waals surface area contributed by atoms with E-state index < -0.39 is 18.1 Å². The van der Waals surface area contributed by atoms with Gasteiger partial charge in [0.25, 0.3) is 6.01 Å². The molecule has 2 aromatic carbocycles. The maximum atomic E-state index is 13.2. The second-order valence-electron chi connectivity index (χ2n) is 12.9. The lowest BCUT2D eigenvalue weighted by Gasteiger charge is -2.38. The third-order valence-corrected chi connectivity index (χ3v) is 10.0. The van der Waals surface area contributed by atoms with Crippen LogP contribution >= 0.6 is 11.6 Å². The van der Waals surface area contributed by atoms with Crippen LogP contribution in [0.1, 0.15) is 44.5 Å². The molecular weight excluding hydrogens is 638 g/mol. The Morgan fingerprint density at radius 3 is 2.77 bits per heavy atom. The zero-order chi connectivity index (χ0) is 33.1. The number of benzene rings is 2. The highest BCUT2D eigenvalue weighted by Gasteiger charge is 2.42. The zero-order valence-corrected chi connectivity index (χ0v) is 27.0. The van der Waals surface area contributed by atoms with Gasteiger partial charge in [-0.15, -0.1) is 0 Å². The van der Waals surface area contributed by atoms with Crippen LogP contribution in [0.25, 0.3) is 33.1 Å². The summed E-state index contributed by atoms with van der Waals surface area (Å²) in [6, 6.07) is 12.2. The van der Waals surface area contributed by atoms with Crippen molar-refractivity contribution in [2.45, 2.75) is 57.2 Å². The van der Waals surface area contributed by atoms with Gasteiger partial charge in [-0.25, -0.2) is 14.8 Å². The first-order chi connectivity index (χ1) is 23.2. The Bertz CT molecular complexity index is 2090. The number of piperidine rings is 1. The van der Waals surface area contributed by atoms with Crippen LogP contribution in [0, 0.1) is 5.92 Å². The molecular formula is C34H34ClN7O6. The van der Waals surface area contributed by atoms with Crippen LogP contribution in [0.4, 0.5) is 5.82 Å². The molecule has 0 radical (unpaired) electrons. The van der Waals surface area contributed by atoms with Gasteiger partial charge in [-0.3, -0.25) is 14.2 Å². The predicted molar refractivity (Wildman–Crippen MR) is 177 cm³/mol. The van der Waals surface area contributed by atoms with Gasteiger partial charge in [-0.05, 0) is 43.0 Å². The van der Waals surface area contributed by atoms with Crippen molar-refractivity contribution in [3.8, 4) is 6.01 Å². The van der Waals surface area contributed by atoms with Crippen LogP contribution in [0.15, 0.2) is 46.9 Å². The number of nitrogens with zero attached hydrogens (tertiary/aromatic N) is 6. The maximum Gasteiger partial charge on any atom is 0.326 e. The average Bonchev–Trinajstić information content (AvgIpc) is 3.76. The summed E-state index contributed by atoms with van der Waals surface area (Å²) in [4.78, 5) is 56.9. The van der Waals surface area contributed by atoms with Crippen molar-refractivity contribution in [3.05, 3.63) is 53.3 Å². The number of carboxylic acid groups (broad SMARTS) is 1. The van der Waals surface area contributed by atoms with Gasteiger partial charge in [0.05, 0.1) is 29.0 Å². The molecule has 2 amide bonds. The Kier molecular flexibility index (Phi) is 7.58. The summed E-state index contributed by atoms with van der Waals surface area (Å²) in [5, 5.41) is 14.6. The lowest BCUT2D eigenvalue weighted by Crippen LogP contribution is -2.43. The van der Waals surface area contributed by atoms with Crippen LogP contribution in [-0.2, 0) is 20.8 Å². The number of carboxylic acids is 1. The first kappa shape index (κ1) is 30.4. The number of fused-ring (bicyclic) bond motifs is 12. The summed E-state index contributed by atoms with van der Waals surface area (Å²) >= 11 is 6.78. The number of hydrogen-bond donors (Lipinski definition) is 2. The van der Waals surface area contributed by atoms with E-state index in [1.165, 1.54) is 0 Å². The molecule has 7 heterocycles. The number of amides is 2. The lowest BCUT2D eigenvalue weighted by atomic mass is 9.93. The van der Waals surface area contributed by atoms with Crippen molar-refractivity contribution in [1.82, 2.24) is 29.7 Å². The Balaban J connectivity index is 1.25. The topological polar surface area (TPSA) is 156 Å². The van der Waals surface area contributed by atoms with Crippen LogP contribution in [0.5, 0.6) is 6.01 Å². The number of anilines is 1. The molecule has 9 rings (SSSR count). The molecule has 248 valence electrons. The molecule has 6 bridgehead atoms. The van der Waals surface area contributed by atoms with E-state index in [1.807, 2.05) is 51.9 Å². The van der Waals surface area contributed by atoms with E-state index in [0.717, 1.165) is 10.9 Å². The fourth-order valence-corrected chi connectivity index (χ4v) is 7.71. The van der Waals surface area contributed by atoms with Gasteiger partial charge in [-0.2, -0.15) is 4.98 Å². The zero-order valence-electron chi connectivity index (χ0n) is 26.3. The molecule has 4 aliphatic rings. The van der Waals surface area contributed by atoms with Gasteiger partial charge in [0, 0.05) is 43.9 Å². The van der Waals surface area contributed by atoms with Crippen LogP contribution in [0.2, 0.25) is 5.02 Å². The summed E-state index contributed by atoms with van der Waals surface area (Å²) < 4.78 is 14.9. The molecule has 14 heteroatoms. The Morgan fingerprint density at radius 2 is 1.94 bits per heavy atom. The number of nitrogens with one attached hydrogen (secondary N) is 1. The SMILES string of the molecule is CC1CN2CCC1n1c(nc3cccc(Cl)c31)O[C@H]1C[C@@H](C(=O)O)N(C1)c1nc(nc3c1oc1ccccc13)CC(=O)NCCCC2=O. The standard InChI is InChI=1S/C34H34ClN7O6/c1-18-16-40-13-11-23(18)42-30-21(35)7-4-8-22(30)37-34(42)47-19-14-24(33(45)46)41(17-19)32-31-29(20-6-2-3-9-25(20)48-31)38-26(39-32)15-27(43)36-12-5-10-28(40)44/h2-4,6-9,18-19,23-24H,5,10-17H2,1H3,(H,36,43)(H,45,46)/t18?,19-,23?,24-/m0/s1. The number of carbonyl (C=O) groups is 3. The number of ether oxygens (including phenoxy) is 1. The Labute approximate surface area is 279 Å². The number of rotatable bonds is 1. The molecule has 0 spiro atoms. The van der Waals surface area contributed by atoms with Gasteiger partial charge in [0.15, 0.2) is 11.4 Å². The summed E-state index contributed by atoms with van der Waals surface area (Å²) in [6.07, 6.45) is 0.912. The highest BCUT2D eigenvalue weighted by molar-refractivity contribution is 6.35. The fourth-order valence-electron chi connectivity index (χ4n) is 7.45. The number of para-hydroxylation sites is 2. The number of hydrogen-bond acceptors (Lipinski definition) is 9. The molecule has 5 aromatic rings. The summed E-state index contributed by atoms with van der Waals surface area (Å²) in [7, 11) is 0. The fraction of sp³-hybridized carbons (Fsp3) is 0.412. The molecule has 4 aliphatic heterocycles. The van der Waals surface area contributed by atoms with E-state index in [4.69, 9.17) is 35.7 Å². The van der Waals surface area contributed by atoms with Gasteiger partial charge < -0.3 is 29.4 Å². The first-order valence-electron chi connectivity index (χ1n) is 16.3. The van der Waals surface area contributed by atoms with Gasteiger partial charge in [0.1, 0.15) is 29.1 Å². The van der Waals surface area contributed by atoms with Crippen LogP contribution in [0.3, 0.4) is 0 Å². The van der Waals surface area contributed by atoms with E-state index in [-0.39, 0.29) is 54.8 Å². The van der Waals surface area contributed by atoms with Gasteiger partial charge >= 0.3 is 5.97 Å². The van der Waals surface area contributed by atoms with Crippen molar-refractivity contribution in [2.24, 2.45) is 5.92 Å². The van der Waals surface area contributed by atoms with Crippen molar-refractivity contribution in [3.63, 3.8) is 0 Å². The minimum Gasteiger partial charge on any atom is -0.480 e. The number of aliphatic carboxylic acids is 1. The number of halogens is 1. The average molecular weight is 672 g/mol. The lowest BCUT2D eigenvalue weighted by molar-refractivity contribution is -0.138. The van der Waals surface area contributed by atoms with E-state index in [1.54, 1.807) is 4.90 Å². The molecule has 13 nitrogen and oxygen atoms in total. The first-order valence-corrected chi connectivity index (χ1v) is 16.7. The molecule has 4 atom stereocenters. The molecule has 2 unspecified atom stereocenters. The van der Waals surface area contributed by atoms with Crippen molar-refractivity contribution in [2.75, 3.05) is 31.1 Å². The van der Waals surface area contributed by atoms with E-state index in [0.29, 0.717) is 72.1 Å². The van der Waals surface area contributed by atoms with Gasteiger partial charge in [0.2, 0.25) is 11.8 Å². The molecule has 3 aromatic heterocycles. The highest BCUT2D eigenvalue weighted by Crippen LogP contribution is 2.40. The van der Waals surface area contributed by atoms with Crippen LogP contribution in [-0.4, -0.2) is 85.6 Å². The minimum absolute atomic E-state index is 0.0463. The molecule has 0 aliphatic carbocycles. The van der Waals surface area contributed by atoms with Gasteiger partial charge in [-0.1, -0.05) is 36.7 Å². The normalized spacial score (nSPS) is 23.8. The monoisotopic (exact) mass is 671 g/mol. The highest BCUT2D eigenvalue weighted by atomic mass is 35.5. The summed E-state index contributed by atoms with van der Waals surface area (Å²) in [5.74, 6) is -0.714.